The van der Waals surface area contributed by atoms with Gasteiger partial charge < -0.3 is 10.2 Å². The van der Waals surface area contributed by atoms with E-state index in [0.29, 0.717) is 24.2 Å². The van der Waals surface area contributed by atoms with E-state index in [4.69, 9.17) is 23.2 Å². The van der Waals surface area contributed by atoms with E-state index in [2.05, 4.69) is 5.32 Å². The van der Waals surface area contributed by atoms with Crippen LogP contribution in [0.3, 0.4) is 0 Å². The highest BCUT2D eigenvalue weighted by atomic mass is 35.5. The van der Waals surface area contributed by atoms with Crippen molar-refractivity contribution in [3.63, 3.8) is 0 Å². The molecule has 1 aliphatic heterocycles. The van der Waals surface area contributed by atoms with Gasteiger partial charge in [-0.1, -0.05) is 48.2 Å². The van der Waals surface area contributed by atoms with Crippen LogP contribution < -0.4 is 5.32 Å². The molecule has 0 atom stereocenters. The summed E-state index contributed by atoms with van der Waals surface area (Å²) in [5.74, 6) is -0.367. The fourth-order valence-electron chi connectivity index (χ4n) is 2.44. The minimum Gasteiger partial charge on any atom is -0.325 e. The van der Waals surface area contributed by atoms with E-state index >= 15 is 0 Å². The first-order chi connectivity index (χ1) is 10.5. The number of carbonyl (C=O) groups is 1. The quantitative estimate of drug-likeness (QED) is 0.819. The minimum absolute atomic E-state index is 0.0913. The van der Waals surface area contributed by atoms with Crippen LogP contribution in [0, 0.1) is 12.7 Å². The molecule has 0 unspecified atom stereocenters. The summed E-state index contributed by atoms with van der Waals surface area (Å²) in [4.78, 5) is 14.1. The van der Waals surface area contributed by atoms with Gasteiger partial charge in [0.15, 0.2) is 0 Å². The first-order valence-corrected chi connectivity index (χ1v) is 8.12. The summed E-state index contributed by atoms with van der Waals surface area (Å²) in [5, 5.41) is 2.71. The number of likely N-dealkylation sites (tertiary alicyclic amines) is 1. The van der Waals surface area contributed by atoms with Gasteiger partial charge in [0.25, 0.3) is 0 Å². The van der Waals surface area contributed by atoms with E-state index in [1.807, 2.05) is 0 Å². The second-order valence-electron chi connectivity index (χ2n) is 5.43. The highest BCUT2D eigenvalue weighted by Gasteiger charge is 2.18. The molecular formula is C16H19Cl2FN2O. The predicted molar refractivity (Wildman–Crippen MR) is 88.3 cm³/mol. The lowest BCUT2D eigenvalue weighted by atomic mass is 10.1. The largest absolute Gasteiger partial charge is 0.325 e. The number of nitrogens with zero attached hydrogens (tertiary/aromatic N) is 1. The van der Waals surface area contributed by atoms with Crippen molar-refractivity contribution in [1.29, 1.82) is 0 Å². The first-order valence-electron chi connectivity index (χ1n) is 7.37. The lowest BCUT2D eigenvalue weighted by Crippen LogP contribution is -2.39. The van der Waals surface area contributed by atoms with Gasteiger partial charge in [-0.15, -0.1) is 0 Å². The number of urea groups is 1. The minimum atomic E-state index is -0.367. The zero-order valence-electron chi connectivity index (χ0n) is 12.5. The van der Waals surface area contributed by atoms with Crippen molar-refractivity contribution in [2.24, 2.45) is 0 Å². The van der Waals surface area contributed by atoms with Crippen LogP contribution >= 0.6 is 23.2 Å². The number of benzene rings is 1. The predicted octanol–water partition coefficient (Wildman–Crippen LogP) is 4.82. The van der Waals surface area contributed by atoms with Gasteiger partial charge in [-0.2, -0.15) is 0 Å². The van der Waals surface area contributed by atoms with Crippen molar-refractivity contribution < 1.29 is 9.18 Å². The number of aryl methyl sites for hydroxylation is 1. The lowest BCUT2D eigenvalue weighted by molar-refractivity contribution is 0.204. The van der Waals surface area contributed by atoms with E-state index in [-0.39, 0.29) is 22.0 Å². The van der Waals surface area contributed by atoms with Gasteiger partial charge in [0.05, 0.1) is 5.70 Å². The Balaban J connectivity index is 2.17. The first kappa shape index (κ1) is 17.1. The molecule has 120 valence electrons. The molecule has 0 aromatic heterocycles. The van der Waals surface area contributed by atoms with E-state index in [0.717, 1.165) is 25.7 Å². The zero-order chi connectivity index (χ0) is 16.1. The van der Waals surface area contributed by atoms with Crippen LogP contribution in [0.1, 0.15) is 36.8 Å². The molecule has 1 fully saturated rings. The van der Waals surface area contributed by atoms with Gasteiger partial charge in [-0.3, -0.25) is 0 Å². The average molecular weight is 345 g/mol. The molecular weight excluding hydrogens is 326 g/mol. The maximum absolute atomic E-state index is 13.7. The van der Waals surface area contributed by atoms with Crippen LogP contribution in [0.4, 0.5) is 9.18 Å². The third kappa shape index (κ3) is 4.37. The number of amides is 2. The standard InChI is InChI=1S/C16H19Cl2FN2O/c1-11-6-7-12(10-13(11)19)14(15(17)18)20-16(22)21-8-4-2-3-5-9-21/h6-7,10H,2-5,8-9H2,1H3,(H,20,22). The third-order valence-corrected chi connectivity index (χ3v) is 4.15. The zero-order valence-corrected chi connectivity index (χ0v) is 14.0. The summed E-state index contributed by atoms with van der Waals surface area (Å²) in [7, 11) is 0. The SMILES string of the molecule is Cc1ccc(C(NC(=O)N2CCCCCC2)=C(Cl)Cl)cc1F. The maximum atomic E-state index is 13.7. The Labute approximate surface area is 140 Å². The van der Waals surface area contributed by atoms with Gasteiger partial charge in [-0.25, -0.2) is 9.18 Å². The Hall–Kier alpha value is -1.26. The van der Waals surface area contributed by atoms with E-state index in [1.165, 1.54) is 6.07 Å². The van der Waals surface area contributed by atoms with Gasteiger partial charge in [-0.05, 0) is 31.4 Å². The molecule has 1 N–H and O–H groups in total. The smallest absolute Gasteiger partial charge is 0.321 e. The van der Waals surface area contributed by atoms with Gasteiger partial charge in [0.2, 0.25) is 0 Å². The lowest BCUT2D eigenvalue weighted by Gasteiger charge is -2.22. The van der Waals surface area contributed by atoms with Gasteiger partial charge in [0, 0.05) is 18.7 Å². The van der Waals surface area contributed by atoms with Crippen molar-refractivity contribution in [3.05, 3.63) is 39.6 Å². The summed E-state index contributed by atoms with van der Waals surface area (Å²) in [5.41, 5.74) is 1.20. The van der Waals surface area contributed by atoms with Crippen LogP contribution in [-0.2, 0) is 0 Å². The monoisotopic (exact) mass is 344 g/mol. The van der Waals surface area contributed by atoms with Crippen LogP contribution in [0.15, 0.2) is 22.7 Å². The average Bonchev–Trinajstić information content (AvgIpc) is 2.76. The summed E-state index contributed by atoms with van der Waals surface area (Å²) >= 11 is 11.8. The molecule has 0 spiro atoms. The van der Waals surface area contributed by atoms with E-state index in [1.54, 1.807) is 24.0 Å². The molecule has 0 radical (unpaired) electrons. The highest BCUT2D eigenvalue weighted by molar-refractivity contribution is 6.58. The van der Waals surface area contributed by atoms with Crippen molar-refractivity contribution >= 4 is 34.9 Å². The molecule has 0 saturated carbocycles. The number of carbonyl (C=O) groups excluding carboxylic acids is 1. The Morgan fingerprint density at radius 3 is 2.36 bits per heavy atom. The van der Waals surface area contributed by atoms with E-state index in [9.17, 15) is 9.18 Å². The second-order valence-corrected chi connectivity index (χ2v) is 6.38. The Bertz CT molecular complexity index is 578. The summed E-state index contributed by atoms with van der Waals surface area (Å²) in [6.07, 6.45) is 4.23. The summed E-state index contributed by atoms with van der Waals surface area (Å²) < 4.78 is 13.6. The molecule has 2 amide bonds. The Kier molecular flexibility index (Phi) is 6.09. The van der Waals surface area contributed by atoms with Crippen molar-refractivity contribution in [2.45, 2.75) is 32.6 Å². The summed E-state index contributed by atoms with van der Waals surface area (Å²) in [6.45, 7) is 3.09. The van der Waals surface area contributed by atoms with Crippen LogP contribution in [-0.4, -0.2) is 24.0 Å². The molecule has 1 aromatic carbocycles. The fraction of sp³-hybridized carbons (Fsp3) is 0.438. The topological polar surface area (TPSA) is 32.3 Å². The molecule has 1 aliphatic rings. The number of rotatable bonds is 2. The van der Waals surface area contributed by atoms with Crippen molar-refractivity contribution in [2.75, 3.05) is 13.1 Å². The molecule has 2 rings (SSSR count). The number of halogens is 3. The van der Waals surface area contributed by atoms with Gasteiger partial charge in [0.1, 0.15) is 10.3 Å². The third-order valence-electron chi connectivity index (χ3n) is 3.77. The molecule has 1 saturated heterocycles. The highest BCUT2D eigenvalue weighted by Crippen LogP contribution is 2.24. The molecule has 3 nitrogen and oxygen atoms in total. The van der Waals surface area contributed by atoms with Crippen molar-refractivity contribution in [3.8, 4) is 0 Å². The van der Waals surface area contributed by atoms with Crippen LogP contribution in [0.5, 0.6) is 0 Å². The molecule has 22 heavy (non-hydrogen) atoms. The Morgan fingerprint density at radius 1 is 1.18 bits per heavy atom. The molecule has 0 aliphatic carbocycles. The Morgan fingerprint density at radius 2 is 1.82 bits per heavy atom. The molecule has 6 heteroatoms. The molecule has 1 heterocycles. The van der Waals surface area contributed by atoms with Crippen LogP contribution in [0.25, 0.3) is 5.70 Å². The van der Waals surface area contributed by atoms with Crippen molar-refractivity contribution in [1.82, 2.24) is 10.2 Å². The number of nitrogens with one attached hydrogen (secondary N) is 1. The normalized spacial score (nSPS) is 15.2. The number of hydrogen-bond acceptors (Lipinski definition) is 1. The van der Waals surface area contributed by atoms with E-state index < -0.39 is 0 Å². The number of hydrogen-bond donors (Lipinski definition) is 1. The summed E-state index contributed by atoms with van der Waals surface area (Å²) in [6, 6.07) is 4.37. The molecule has 1 aromatic rings. The molecule has 0 bridgehead atoms. The maximum Gasteiger partial charge on any atom is 0.321 e. The van der Waals surface area contributed by atoms with Gasteiger partial charge >= 0.3 is 6.03 Å². The fourth-order valence-corrected chi connectivity index (χ4v) is 2.75. The van der Waals surface area contributed by atoms with Crippen LogP contribution in [0.2, 0.25) is 0 Å². The second kappa shape index (κ2) is 7.84.